The maximum Gasteiger partial charge on any atom is 0.135 e. The molecule has 117 heavy (non-hydrogen) atoms. The van der Waals surface area contributed by atoms with Crippen molar-refractivity contribution in [3.63, 3.8) is 0 Å². The molecule has 25 rings (SSSR count). The van der Waals surface area contributed by atoms with Crippen molar-refractivity contribution in [3.8, 4) is 89.0 Å². The van der Waals surface area contributed by atoms with Crippen molar-refractivity contribution in [1.82, 2.24) is 0 Å². The van der Waals surface area contributed by atoms with E-state index in [0.29, 0.717) is 0 Å². The lowest BCUT2D eigenvalue weighted by molar-refractivity contribution is 0.666. The summed E-state index contributed by atoms with van der Waals surface area (Å²) in [7, 11) is 0. The van der Waals surface area contributed by atoms with Crippen LogP contribution in [0.2, 0.25) is 0 Å². The minimum absolute atomic E-state index is 0.157. The summed E-state index contributed by atoms with van der Waals surface area (Å²) in [5, 5.41) is 30.7. The summed E-state index contributed by atoms with van der Waals surface area (Å²) in [6.07, 6.45) is 0. The zero-order chi connectivity index (χ0) is 77.5. The predicted octanol–water partition coefficient (Wildman–Crippen LogP) is 32.6. The number of rotatable bonds is 6. The molecule has 0 saturated heterocycles. The number of furan rings is 1. The van der Waals surface area contributed by atoms with Crippen molar-refractivity contribution in [2.45, 2.75) is 38.5 Å². The lowest BCUT2D eigenvalue weighted by Gasteiger charge is -2.24. The fourth-order valence-corrected chi connectivity index (χ4v) is 21.7. The maximum atomic E-state index is 6.24. The molecule has 1 aromatic heterocycles. The second kappa shape index (κ2) is 25.5. The molecule has 546 valence electrons. The lowest BCUT2D eigenvalue weighted by Crippen LogP contribution is -2.15. The Morgan fingerprint density at radius 3 is 0.957 bits per heavy atom. The first-order valence-electron chi connectivity index (χ1n) is 41.1. The average Bonchev–Trinajstić information content (AvgIpc) is 1.54. The molecule has 0 bridgehead atoms. The van der Waals surface area contributed by atoms with Crippen LogP contribution in [0.3, 0.4) is 0 Å². The third-order valence-corrected chi connectivity index (χ3v) is 26.6. The van der Waals surface area contributed by atoms with E-state index < -0.39 is 0 Å². The van der Waals surface area contributed by atoms with Gasteiger partial charge in [0.25, 0.3) is 0 Å². The highest BCUT2D eigenvalue weighted by atomic mass is 16.3. The van der Waals surface area contributed by atoms with Gasteiger partial charge >= 0.3 is 0 Å². The molecular formula is C116H76O. The minimum atomic E-state index is -0.163. The molecule has 1 heterocycles. The highest BCUT2D eigenvalue weighted by Gasteiger charge is 2.42. The molecule has 1 nitrogen and oxygen atoms in total. The van der Waals surface area contributed by atoms with Crippen LogP contribution >= 0.6 is 0 Å². The summed E-state index contributed by atoms with van der Waals surface area (Å²) in [5.74, 6) is 0. The van der Waals surface area contributed by atoms with E-state index in [1.807, 2.05) is 6.07 Å². The third kappa shape index (κ3) is 9.78. The first kappa shape index (κ1) is 67.0. The van der Waals surface area contributed by atoms with Crippen LogP contribution in [0, 0.1) is 0 Å². The van der Waals surface area contributed by atoms with Crippen LogP contribution in [0.25, 0.3) is 229 Å². The van der Waals surface area contributed by atoms with Gasteiger partial charge in [0.15, 0.2) is 0 Å². The van der Waals surface area contributed by atoms with Crippen molar-refractivity contribution in [2.75, 3.05) is 0 Å². The summed E-state index contributed by atoms with van der Waals surface area (Å²) in [6.45, 7) is 9.65. The molecule has 0 atom stereocenters. The van der Waals surface area contributed by atoms with E-state index in [0.717, 1.165) is 21.9 Å². The van der Waals surface area contributed by atoms with Crippen molar-refractivity contribution in [2.24, 2.45) is 0 Å². The van der Waals surface area contributed by atoms with E-state index in [9.17, 15) is 0 Å². The topological polar surface area (TPSA) is 13.1 Å². The fourth-order valence-electron chi connectivity index (χ4n) is 21.7. The van der Waals surface area contributed by atoms with Crippen molar-refractivity contribution >= 4 is 140 Å². The Morgan fingerprint density at radius 2 is 0.496 bits per heavy atom. The monoisotopic (exact) mass is 1480 g/mol. The molecule has 0 fully saturated rings. The largest absolute Gasteiger partial charge is 0.456 e. The van der Waals surface area contributed by atoms with Crippen molar-refractivity contribution in [1.29, 1.82) is 0 Å². The van der Waals surface area contributed by atoms with Gasteiger partial charge in [-0.05, 0) is 266 Å². The fraction of sp³-hybridized carbons (Fsp3) is 0.0517. The van der Waals surface area contributed by atoms with E-state index in [4.69, 9.17) is 4.42 Å². The predicted molar refractivity (Wildman–Crippen MR) is 500 cm³/mol. The van der Waals surface area contributed by atoms with Gasteiger partial charge in [0, 0.05) is 21.6 Å². The molecule has 0 amide bonds. The highest BCUT2D eigenvalue weighted by Crippen LogP contribution is 2.60. The second-order valence-electron chi connectivity index (χ2n) is 33.4. The van der Waals surface area contributed by atoms with Crippen molar-refractivity contribution < 1.29 is 4.42 Å². The SMILES string of the molecule is CC1(C)c2cccc(-c3cccc(-c4c5ccccc5c(-c5cc6ccc7ccccc7c6c6ccccc56)c5ccccc45)c3)c2-c2c1c1ccccc1c1ccccc21.CC1(C)c2cccc(-c3cccc(-c4c5ccccc5c(-c5ccc6oc7ccccc7c6c5)c5ccccc45)c3)c2-c2c1c1ccccc1c1ccccc21. The minimum Gasteiger partial charge on any atom is -0.456 e. The summed E-state index contributed by atoms with van der Waals surface area (Å²) in [5.41, 5.74) is 27.7. The van der Waals surface area contributed by atoms with Gasteiger partial charge in [0.2, 0.25) is 0 Å². The molecule has 2 aliphatic rings. The van der Waals surface area contributed by atoms with Crippen LogP contribution in [0.15, 0.2) is 393 Å². The first-order chi connectivity index (χ1) is 57.6. The van der Waals surface area contributed by atoms with Gasteiger partial charge < -0.3 is 4.42 Å². The number of hydrogen-bond acceptors (Lipinski definition) is 1. The zero-order valence-corrected chi connectivity index (χ0v) is 65.4. The standard InChI is InChI=1S/C61H40.C55H36O/c1-61(2)54-32-16-31-42(58(54)59-47-25-9-5-21-43(47)44-22-7-14-30-52(44)60(59)61)38-18-15-19-39(35-38)56-48-26-10-12-28-50(48)57(51-29-13-11-27-49(51)56)53-36-40-34-33-37-17-3-4-20-41(37)55(40)46-24-8-6-23-45(46)53;1-55(2)47-27-14-26-36(52(47)53-40-20-5-3-17-37(40)38-18-4-10-25-45(38)54(53)55)33-15-13-16-34(31-33)50-41-21-6-8-23-43(41)51(44-24-9-7-22-42(44)50)35-29-30-49-46(32-35)39-19-11-12-28-48(39)56-49/h3-36H,1-2H3;3-32H,1-2H3. The van der Waals surface area contributed by atoms with Gasteiger partial charge in [0.05, 0.1) is 0 Å². The highest BCUT2D eigenvalue weighted by molar-refractivity contribution is 6.30. The Morgan fingerprint density at radius 1 is 0.171 bits per heavy atom. The summed E-state index contributed by atoms with van der Waals surface area (Å²) < 4.78 is 6.24. The van der Waals surface area contributed by atoms with E-state index in [2.05, 4.69) is 410 Å². The Bertz CT molecular complexity index is 8150. The molecule has 0 unspecified atom stereocenters. The Kier molecular flexibility index (Phi) is 14.6. The van der Waals surface area contributed by atoms with Gasteiger partial charge in [-0.1, -0.05) is 380 Å². The van der Waals surface area contributed by atoms with Gasteiger partial charge in [-0.3, -0.25) is 0 Å². The van der Waals surface area contributed by atoms with Crippen LogP contribution < -0.4 is 0 Å². The first-order valence-corrected chi connectivity index (χ1v) is 41.1. The van der Waals surface area contributed by atoms with Crippen LogP contribution in [0.5, 0.6) is 0 Å². The van der Waals surface area contributed by atoms with Crippen LogP contribution in [0.1, 0.15) is 49.9 Å². The normalized spacial score (nSPS) is 13.3. The summed E-state index contributed by atoms with van der Waals surface area (Å²) in [6, 6.07) is 144. The molecule has 0 N–H and O–H groups in total. The molecule has 1 heteroatoms. The Hall–Kier alpha value is -14.5. The quantitative estimate of drug-likeness (QED) is 0.119. The number of fused-ring (bicyclic) bond motifs is 28. The molecule has 0 radical (unpaired) electrons. The summed E-state index contributed by atoms with van der Waals surface area (Å²) >= 11 is 0. The zero-order valence-electron chi connectivity index (χ0n) is 65.4. The number of benzene rings is 22. The molecule has 2 aliphatic carbocycles. The van der Waals surface area contributed by atoms with Crippen molar-refractivity contribution in [3.05, 3.63) is 411 Å². The van der Waals surface area contributed by atoms with Gasteiger partial charge in [0.1, 0.15) is 11.2 Å². The Labute approximate surface area is 678 Å². The molecule has 0 saturated carbocycles. The smallest absolute Gasteiger partial charge is 0.135 e. The van der Waals surface area contributed by atoms with Crippen LogP contribution in [0.4, 0.5) is 0 Å². The molecule has 0 aliphatic heterocycles. The third-order valence-electron chi connectivity index (χ3n) is 26.6. The van der Waals surface area contributed by atoms with Gasteiger partial charge in [-0.2, -0.15) is 0 Å². The van der Waals surface area contributed by atoms with E-state index >= 15 is 0 Å². The van der Waals surface area contributed by atoms with E-state index in [1.54, 1.807) is 0 Å². The number of para-hydroxylation sites is 1. The van der Waals surface area contributed by atoms with Crippen LogP contribution in [-0.4, -0.2) is 0 Å². The van der Waals surface area contributed by atoms with Crippen LogP contribution in [-0.2, 0) is 10.8 Å². The summed E-state index contributed by atoms with van der Waals surface area (Å²) in [4.78, 5) is 0. The lowest BCUT2D eigenvalue weighted by atomic mass is 9.79. The molecule has 0 spiro atoms. The molecule has 22 aromatic carbocycles. The maximum absolute atomic E-state index is 6.24. The number of hydrogen-bond donors (Lipinski definition) is 0. The van der Waals surface area contributed by atoms with E-state index in [-0.39, 0.29) is 10.8 Å². The van der Waals surface area contributed by atoms with Gasteiger partial charge in [-0.15, -0.1) is 0 Å². The molecular weight excluding hydrogens is 1410 g/mol. The Balaban J connectivity index is 0.000000135. The van der Waals surface area contributed by atoms with E-state index in [1.165, 1.54) is 230 Å². The second-order valence-corrected chi connectivity index (χ2v) is 33.4. The molecule has 23 aromatic rings. The van der Waals surface area contributed by atoms with Gasteiger partial charge in [-0.25, -0.2) is 0 Å². The average molecular weight is 1490 g/mol.